The van der Waals surface area contributed by atoms with Gasteiger partial charge in [0.15, 0.2) is 0 Å². The molecule has 0 saturated carbocycles. The minimum Gasteiger partial charge on any atom is -0.478 e. The maximum absolute atomic E-state index is 10.9. The molecule has 1 rings (SSSR count). The molecule has 0 aliphatic heterocycles. The van der Waals surface area contributed by atoms with E-state index in [9.17, 15) is 9.59 Å². The number of carboxylic acids is 1. The molecule has 1 N–H and O–H groups in total. The predicted octanol–water partition coefficient (Wildman–Crippen LogP) is 2.42. The lowest BCUT2D eigenvalue weighted by atomic mass is 9.98. The lowest BCUT2D eigenvalue weighted by molar-refractivity contribution is -0.110. The maximum Gasteiger partial charge on any atom is 0.337 e. The Morgan fingerprint density at radius 3 is 2.80 bits per heavy atom. The van der Waals surface area contributed by atoms with Crippen molar-refractivity contribution in [2.45, 2.75) is 13.3 Å². The van der Waals surface area contributed by atoms with Gasteiger partial charge in [0.1, 0.15) is 6.29 Å². The Kier molecular flexibility index (Phi) is 3.86. The SMILES string of the molecule is CC(C=O)Cc1cccc(Cl)c1C(=O)O. The van der Waals surface area contributed by atoms with E-state index >= 15 is 0 Å². The van der Waals surface area contributed by atoms with Crippen LogP contribution in [0.5, 0.6) is 0 Å². The third-order valence-corrected chi connectivity index (χ3v) is 2.40. The third-order valence-electron chi connectivity index (χ3n) is 2.09. The van der Waals surface area contributed by atoms with E-state index < -0.39 is 5.97 Å². The van der Waals surface area contributed by atoms with Crippen LogP contribution in [0.3, 0.4) is 0 Å². The van der Waals surface area contributed by atoms with Gasteiger partial charge in [0.25, 0.3) is 0 Å². The van der Waals surface area contributed by atoms with Gasteiger partial charge in [0.05, 0.1) is 10.6 Å². The second-order valence-electron chi connectivity index (χ2n) is 3.40. The molecule has 0 spiro atoms. The number of halogens is 1. The van der Waals surface area contributed by atoms with E-state index in [1.807, 2.05) is 0 Å². The maximum atomic E-state index is 10.9. The van der Waals surface area contributed by atoms with Crippen LogP contribution < -0.4 is 0 Å². The first-order valence-corrected chi connectivity index (χ1v) is 4.90. The first-order chi connectivity index (χ1) is 7.06. The predicted molar refractivity (Wildman–Crippen MR) is 57.3 cm³/mol. The number of carboxylic acid groups (broad SMARTS) is 1. The van der Waals surface area contributed by atoms with Crippen molar-refractivity contribution in [3.63, 3.8) is 0 Å². The van der Waals surface area contributed by atoms with Crippen LogP contribution in [0.1, 0.15) is 22.8 Å². The van der Waals surface area contributed by atoms with E-state index in [1.54, 1.807) is 19.1 Å². The summed E-state index contributed by atoms with van der Waals surface area (Å²) in [6, 6.07) is 4.89. The largest absolute Gasteiger partial charge is 0.478 e. The third kappa shape index (κ3) is 2.80. The van der Waals surface area contributed by atoms with Gasteiger partial charge in [-0.05, 0) is 18.1 Å². The van der Waals surface area contributed by atoms with Gasteiger partial charge in [0.2, 0.25) is 0 Å². The molecule has 1 unspecified atom stereocenters. The summed E-state index contributed by atoms with van der Waals surface area (Å²) < 4.78 is 0. The first-order valence-electron chi connectivity index (χ1n) is 4.52. The van der Waals surface area contributed by atoms with Crippen LogP contribution >= 0.6 is 11.6 Å². The summed E-state index contributed by atoms with van der Waals surface area (Å²) in [6.07, 6.45) is 1.19. The van der Waals surface area contributed by atoms with E-state index in [-0.39, 0.29) is 16.5 Å². The van der Waals surface area contributed by atoms with Crippen molar-refractivity contribution < 1.29 is 14.7 Å². The Balaban J connectivity index is 3.11. The zero-order valence-corrected chi connectivity index (χ0v) is 8.99. The molecule has 3 nitrogen and oxygen atoms in total. The highest BCUT2D eigenvalue weighted by Gasteiger charge is 2.15. The molecule has 0 aliphatic carbocycles. The molecule has 0 amide bonds. The molecule has 1 atom stereocenters. The van der Waals surface area contributed by atoms with Crippen molar-refractivity contribution in [2.75, 3.05) is 0 Å². The molecule has 0 aromatic heterocycles. The molecule has 15 heavy (non-hydrogen) atoms. The number of carbonyl (C=O) groups excluding carboxylic acids is 1. The normalized spacial score (nSPS) is 12.1. The van der Waals surface area contributed by atoms with Crippen LogP contribution in [0.15, 0.2) is 18.2 Å². The van der Waals surface area contributed by atoms with Crippen LogP contribution in [0.2, 0.25) is 5.02 Å². The van der Waals surface area contributed by atoms with E-state index in [2.05, 4.69) is 0 Å². The van der Waals surface area contributed by atoms with Gasteiger partial charge in [-0.25, -0.2) is 4.79 Å². The van der Waals surface area contributed by atoms with Crippen molar-refractivity contribution in [1.29, 1.82) is 0 Å². The standard InChI is InChI=1S/C11H11ClO3/c1-7(6-13)5-8-3-2-4-9(12)10(8)11(14)15/h2-4,6-7H,5H2,1H3,(H,14,15). The quantitative estimate of drug-likeness (QED) is 0.803. The number of hydrogen-bond donors (Lipinski definition) is 1. The number of aromatic carboxylic acids is 1. The van der Waals surface area contributed by atoms with E-state index in [4.69, 9.17) is 16.7 Å². The average molecular weight is 227 g/mol. The van der Waals surface area contributed by atoms with Gasteiger partial charge in [-0.3, -0.25) is 0 Å². The smallest absolute Gasteiger partial charge is 0.337 e. The highest BCUT2D eigenvalue weighted by Crippen LogP contribution is 2.22. The van der Waals surface area contributed by atoms with Crippen molar-refractivity contribution >= 4 is 23.9 Å². The fraction of sp³-hybridized carbons (Fsp3) is 0.273. The average Bonchev–Trinajstić information content (AvgIpc) is 2.17. The second kappa shape index (κ2) is 4.94. The van der Waals surface area contributed by atoms with Crippen molar-refractivity contribution in [1.82, 2.24) is 0 Å². The Morgan fingerprint density at radius 2 is 2.27 bits per heavy atom. The highest BCUT2D eigenvalue weighted by molar-refractivity contribution is 6.33. The number of aldehydes is 1. The van der Waals surface area contributed by atoms with Gasteiger partial charge in [0, 0.05) is 5.92 Å². The van der Waals surface area contributed by atoms with Crippen molar-refractivity contribution in [2.24, 2.45) is 5.92 Å². The van der Waals surface area contributed by atoms with Crippen LogP contribution in [0.25, 0.3) is 0 Å². The second-order valence-corrected chi connectivity index (χ2v) is 3.80. The lowest BCUT2D eigenvalue weighted by Gasteiger charge is -2.08. The van der Waals surface area contributed by atoms with Crippen molar-refractivity contribution in [3.05, 3.63) is 34.3 Å². The monoisotopic (exact) mass is 226 g/mol. The molecule has 0 bridgehead atoms. The fourth-order valence-electron chi connectivity index (χ4n) is 1.37. The number of rotatable bonds is 4. The Hall–Kier alpha value is -1.35. The summed E-state index contributed by atoms with van der Waals surface area (Å²) in [7, 11) is 0. The van der Waals surface area contributed by atoms with Gasteiger partial charge in [-0.1, -0.05) is 30.7 Å². The minimum absolute atomic E-state index is 0.0906. The van der Waals surface area contributed by atoms with E-state index in [1.165, 1.54) is 6.07 Å². The molecule has 80 valence electrons. The molecule has 0 saturated heterocycles. The van der Waals surface area contributed by atoms with Crippen LogP contribution in [0.4, 0.5) is 0 Å². The zero-order valence-electron chi connectivity index (χ0n) is 8.24. The summed E-state index contributed by atoms with van der Waals surface area (Å²) in [4.78, 5) is 21.4. The number of benzene rings is 1. The highest BCUT2D eigenvalue weighted by atomic mass is 35.5. The molecule has 1 aromatic carbocycles. The fourth-order valence-corrected chi connectivity index (χ4v) is 1.65. The molecule has 0 aliphatic rings. The summed E-state index contributed by atoms with van der Waals surface area (Å²) in [5.74, 6) is -1.27. The van der Waals surface area contributed by atoms with Gasteiger partial charge in [-0.2, -0.15) is 0 Å². The zero-order chi connectivity index (χ0) is 11.4. The number of hydrogen-bond acceptors (Lipinski definition) is 2. The molecule has 0 heterocycles. The molecular formula is C11H11ClO3. The molecular weight excluding hydrogens is 216 g/mol. The van der Waals surface area contributed by atoms with Gasteiger partial charge < -0.3 is 9.90 Å². The van der Waals surface area contributed by atoms with E-state index in [0.29, 0.717) is 12.0 Å². The molecule has 4 heteroatoms. The van der Waals surface area contributed by atoms with Gasteiger partial charge in [-0.15, -0.1) is 0 Å². The summed E-state index contributed by atoms with van der Waals surface area (Å²) in [5.41, 5.74) is 0.683. The van der Waals surface area contributed by atoms with Crippen LogP contribution in [-0.2, 0) is 11.2 Å². The summed E-state index contributed by atoms with van der Waals surface area (Å²) in [5, 5.41) is 9.17. The summed E-state index contributed by atoms with van der Waals surface area (Å²) >= 11 is 5.78. The molecule has 0 radical (unpaired) electrons. The lowest BCUT2D eigenvalue weighted by Crippen LogP contribution is -2.08. The van der Waals surface area contributed by atoms with Gasteiger partial charge >= 0.3 is 5.97 Å². The minimum atomic E-state index is -1.06. The topological polar surface area (TPSA) is 54.4 Å². The van der Waals surface area contributed by atoms with Crippen molar-refractivity contribution in [3.8, 4) is 0 Å². The van der Waals surface area contributed by atoms with Crippen LogP contribution in [-0.4, -0.2) is 17.4 Å². The number of carbonyl (C=O) groups is 2. The van der Waals surface area contributed by atoms with Crippen LogP contribution in [0, 0.1) is 5.92 Å². The van der Waals surface area contributed by atoms with E-state index in [0.717, 1.165) is 6.29 Å². The molecule has 1 aromatic rings. The summed E-state index contributed by atoms with van der Waals surface area (Å²) in [6.45, 7) is 1.74. The Morgan fingerprint density at radius 1 is 1.60 bits per heavy atom. The Bertz CT molecular complexity index is 387. The Labute approximate surface area is 92.7 Å². The first kappa shape index (κ1) is 11.7. The molecule has 0 fully saturated rings.